The maximum atomic E-state index is 12.9. The number of carbonyl (C=O) groups is 1. The molecular formula is C22H25Cl3N2O3S2. The first-order chi connectivity index (χ1) is 15.3. The zero-order valence-electron chi connectivity index (χ0n) is 17.4. The SMILES string of the molecule is O=C(NCCSCc1ccccc1Cl)C1CCCN(S(=O)(=O)Cc2ccc(Cl)c(Cl)c2)C1. The molecule has 2 aromatic rings. The van der Waals surface area contributed by atoms with Gasteiger partial charge in [-0.1, -0.05) is 59.1 Å². The highest BCUT2D eigenvalue weighted by molar-refractivity contribution is 7.98. The molecule has 1 saturated heterocycles. The van der Waals surface area contributed by atoms with E-state index >= 15 is 0 Å². The number of nitrogens with zero attached hydrogens (tertiary/aromatic N) is 1. The minimum Gasteiger partial charge on any atom is -0.355 e. The molecule has 1 N–H and O–H groups in total. The highest BCUT2D eigenvalue weighted by Crippen LogP contribution is 2.26. The van der Waals surface area contributed by atoms with Gasteiger partial charge in [-0.2, -0.15) is 11.8 Å². The molecule has 1 heterocycles. The lowest BCUT2D eigenvalue weighted by molar-refractivity contribution is -0.125. The van der Waals surface area contributed by atoms with Gasteiger partial charge in [0.05, 0.1) is 21.7 Å². The van der Waals surface area contributed by atoms with Crippen LogP contribution in [0.2, 0.25) is 15.1 Å². The minimum absolute atomic E-state index is 0.0993. The molecule has 3 rings (SSSR count). The summed E-state index contributed by atoms with van der Waals surface area (Å²) in [5, 5.41) is 4.39. The van der Waals surface area contributed by atoms with E-state index in [0.29, 0.717) is 41.5 Å². The van der Waals surface area contributed by atoms with Crippen LogP contribution in [0.5, 0.6) is 0 Å². The Kier molecular flexibility index (Phi) is 9.58. The Morgan fingerprint density at radius 3 is 2.62 bits per heavy atom. The van der Waals surface area contributed by atoms with Gasteiger partial charge in [-0.3, -0.25) is 4.79 Å². The van der Waals surface area contributed by atoms with Crippen molar-refractivity contribution in [3.63, 3.8) is 0 Å². The summed E-state index contributed by atoms with van der Waals surface area (Å²) >= 11 is 19.8. The number of benzene rings is 2. The van der Waals surface area contributed by atoms with Gasteiger partial charge in [0.2, 0.25) is 15.9 Å². The number of amides is 1. The summed E-state index contributed by atoms with van der Waals surface area (Å²) < 4.78 is 27.2. The molecule has 174 valence electrons. The van der Waals surface area contributed by atoms with Crippen molar-refractivity contribution < 1.29 is 13.2 Å². The van der Waals surface area contributed by atoms with Gasteiger partial charge in [-0.25, -0.2) is 12.7 Å². The van der Waals surface area contributed by atoms with E-state index in [-0.39, 0.29) is 24.1 Å². The predicted molar refractivity (Wildman–Crippen MR) is 134 cm³/mol. The fraction of sp³-hybridized carbons (Fsp3) is 0.409. The maximum Gasteiger partial charge on any atom is 0.224 e. The van der Waals surface area contributed by atoms with Crippen molar-refractivity contribution in [2.24, 2.45) is 5.92 Å². The van der Waals surface area contributed by atoms with E-state index in [1.807, 2.05) is 24.3 Å². The van der Waals surface area contributed by atoms with Crippen LogP contribution >= 0.6 is 46.6 Å². The first-order valence-electron chi connectivity index (χ1n) is 10.3. The Morgan fingerprint density at radius 1 is 1.09 bits per heavy atom. The normalized spacial score (nSPS) is 17.3. The van der Waals surface area contributed by atoms with Crippen molar-refractivity contribution in [3.8, 4) is 0 Å². The lowest BCUT2D eigenvalue weighted by atomic mass is 9.99. The quantitative estimate of drug-likeness (QED) is 0.446. The molecule has 10 heteroatoms. The number of halogens is 3. The van der Waals surface area contributed by atoms with Gasteiger partial charge in [0.1, 0.15) is 0 Å². The number of nitrogens with one attached hydrogen (secondary N) is 1. The predicted octanol–water partition coefficient (Wildman–Crippen LogP) is 5.24. The van der Waals surface area contributed by atoms with Gasteiger partial charge in [0.15, 0.2) is 0 Å². The average molecular weight is 536 g/mol. The van der Waals surface area contributed by atoms with E-state index in [9.17, 15) is 13.2 Å². The molecule has 1 fully saturated rings. The monoisotopic (exact) mass is 534 g/mol. The lowest BCUT2D eigenvalue weighted by Crippen LogP contribution is -2.46. The number of piperidine rings is 1. The molecule has 1 atom stereocenters. The Hall–Kier alpha value is -0.960. The molecule has 0 aliphatic carbocycles. The maximum absolute atomic E-state index is 12.9. The summed E-state index contributed by atoms with van der Waals surface area (Å²) in [6, 6.07) is 12.5. The number of hydrogen-bond donors (Lipinski definition) is 1. The van der Waals surface area contributed by atoms with Gasteiger partial charge in [0, 0.05) is 36.2 Å². The van der Waals surface area contributed by atoms with Crippen LogP contribution in [0, 0.1) is 5.92 Å². The largest absolute Gasteiger partial charge is 0.355 e. The molecule has 0 aromatic heterocycles. The van der Waals surface area contributed by atoms with Gasteiger partial charge in [-0.05, 0) is 42.2 Å². The third-order valence-corrected chi connectivity index (χ3v) is 9.17. The number of carbonyl (C=O) groups excluding carboxylic acids is 1. The van der Waals surface area contributed by atoms with E-state index in [0.717, 1.165) is 22.1 Å². The topological polar surface area (TPSA) is 66.5 Å². The van der Waals surface area contributed by atoms with Crippen LogP contribution in [0.15, 0.2) is 42.5 Å². The van der Waals surface area contributed by atoms with Gasteiger partial charge in [0.25, 0.3) is 0 Å². The molecule has 5 nitrogen and oxygen atoms in total. The molecule has 0 spiro atoms. The lowest BCUT2D eigenvalue weighted by Gasteiger charge is -2.31. The van der Waals surface area contributed by atoms with Crippen molar-refractivity contribution in [2.75, 3.05) is 25.4 Å². The van der Waals surface area contributed by atoms with E-state index in [2.05, 4.69) is 5.32 Å². The highest BCUT2D eigenvalue weighted by atomic mass is 35.5. The molecule has 0 radical (unpaired) electrons. The van der Waals surface area contributed by atoms with Crippen LogP contribution in [0.25, 0.3) is 0 Å². The Morgan fingerprint density at radius 2 is 1.88 bits per heavy atom. The van der Waals surface area contributed by atoms with Crippen LogP contribution in [0.3, 0.4) is 0 Å². The van der Waals surface area contributed by atoms with Crippen LogP contribution < -0.4 is 5.32 Å². The van der Waals surface area contributed by atoms with Crippen molar-refractivity contribution in [1.29, 1.82) is 0 Å². The molecule has 1 amide bonds. The zero-order valence-corrected chi connectivity index (χ0v) is 21.3. The van der Waals surface area contributed by atoms with Crippen LogP contribution in [0.4, 0.5) is 0 Å². The van der Waals surface area contributed by atoms with Gasteiger partial charge >= 0.3 is 0 Å². The van der Waals surface area contributed by atoms with Crippen molar-refractivity contribution in [1.82, 2.24) is 9.62 Å². The van der Waals surface area contributed by atoms with Gasteiger partial charge < -0.3 is 5.32 Å². The zero-order chi connectivity index (χ0) is 23.1. The molecule has 1 aliphatic rings. The number of hydrogen-bond acceptors (Lipinski definition) is 4. The van der Waals surface area contributed by atoms with Crippen molar-refractivity contribution in [3.05, 3.63) is 68.7 Å². The van der Waals surface area contributed by atoms with Crippen LogP contribution in [-0.4, -0.2) is 44.0 Å². The first kappa shape index (κ1) is 25.7. The molecular weight excluding hydrogens is 511 g/mol. The Balaban J connectivity index is 1.46. The van der Waals surface area contributed by atoms with Gasteiger partial charge in [-0.15, -0.1) is 0 Å². The van der Waals surface area contributed by atoms with E-state index in [4.69, 9.17) is 34.8 Å². The third-order valence-electron chi connectivity index (χ3n) is 5.24. The summed E-state index contributed by atoms with van der Waals surface area (Å²) in [7, 11) is -3.56. The smallest absolute Gasteiger partial charge is 0.224 e. The van der Waals surface area contributed by atoms with Crippen LogP contribution in [0.1, 0.15) is 24.0 Å². The average Bonchev–Trinajstić information content (AvgIpc) is 2.77. The number of rotatable bonds is 9. The van der Waals surface area contributed by atoms with Crippen LogP contribution in [-0.2, 0) is 26.3 Å². The van der Waals surface area contributed by atoms with Crippen molar-refractivity contribution >= 4 is 62.5 Å². The minimum atomic E-state index is -3.56. The van der Waals surface area contributed by atoms with E-state index in [1.165, 1.54) is 4.31 Å². The molecule has 1 unspecified atom stereocenters. The summed E-state index contributed by atoms with van der Waals surface area (Å²) in [5.41, 5.74) is 1.64. The second-order valence-corrected chi connectivity index (χ2v) is 11.9. The second kappa shape index (κ2) is 12.0. The number of thioether (sulfide) groups is 1. The summed E-state index contributed by atoms with van der Waals surface area (Å²) in [4.78, 5) is 12.6. The standard InChI is InChI=1S/C22H25Cl3N2O3S2/c23-19-6-2-1-4-18(19)14-31-11-9-26-22(28)17-5-3-10-27(13-17)32(29,30)15-16-7-8-20(24)21(25)12-16/h1-2,4,6-8,12,17H,3,5,9-11,13-15H2,(H,26,28). The first-order valence-corrected chi connectivity index (χ1v) is 14.2. The Labute approximate surface area is 208 Å². The summed E-state index contributed by atoms with van der Waals surface area (Å²) in [5.74, 6) is 0.915. The van der Waals surface area contributed by atoms with Crippen molar-refractivity contribution in [2.45, 2.75) is 24.3 Å². The second-order valence-electron chi connectivity index (χ2n) is 7.64. The third kappa shape index (κ3) is 7.27. The molecule has 2 aromatic carbocycles. The molecule has 0 saturated carbocycles. The molecule has 1 aliphatic heterocycles. The Bertz CT molecular complexity index is 1050. The van der Waals surface area contributed by atoms with E-state index in [1.54, 1.807) is 30.0 Å². The summed E-state index contributed by atoms with van der Waals surface area (Å²) in [6.45, 7) is 1.14. The highest BCUT2D eigenvalue weighted by Gasteiger charge is 2.32. The summed E-state index contributed by atoms with van der Waals surface area (Å²) in [6.07, 6.45) is 1.33. The van der Waals surface area contributed by atoms with E-state index < -0.39 is 10.0 Å². The fourth-order valence-corrected chi connectivity index (χ4v) is 6.59. The fourth-order valence-electron chi connectivity index (χ4n) is 3.53. The number of sulfonamides is 1. The molecule has 0 bridgehead atoms. The molecule has 32 heavy (non-hydrogen) atoms.